The van der Waals surface area contributed by atoms with E-state index in [9.17, 15) is 0 Å². The Morgan fingerprint density at radius 3 is 2.00 bits per heavy atom. The standard InChI is InChI=1S/C15H13N3S/c1-10-13(11-2-6-17-7-3-11)15(16)19-14(10)12-4-8-18-9-5-12/h2-9H,16H2,1H3. The lowest BCUT2D eigenvalue weighted by Gasteiger charge is -2.03. The molecule has 0 radical (unpaired) electrons. The highest BCUT2D eigenvalue weighted by Gasteiger charge is 2.15. The second-order valence-electron chi connectivity index (χ2n) is 4.27. The Labute approximate surface area is 115 Å². The van der Waals surface area contributed by atoms with Crippen LogP contribution >= 0.6 is 11.3 Å². The molecule has 0 bridgehead atoms. The summed E-state index contributed by atoms with van der Waals surface area (Å²) in [5.74, 6) is 0. The minimum Gasteiger partial charge on any atom is -0.390 e. The van der Waals surface area contributed by atoms with E-state index in [0.717, 1.165) is 21.7 Å². The van der Waals surface area contributed by atoms with E-state index in [1.807, 2.05) is 24.3 Å². The second kappa shape index (κ2) is 4.82. The van der Waals surface area contributed by atoms with Crippen LogP contribution in [-0.4, -0.2) is 9.97 Å². The monoisotopic (exact) mass is 267 g/mol. The molecule has 0 fully saturated rings. The van der Waals surface area contributed by atoms with Crippen molar-refractivity contribution in [2.24, 2.45) is 0 Å². The first-order chi connectivity index (χ1) is 9.27. The molecule has 0 spiro atoms. The van der Waals surface area contributed by atoms with Gasteiger partial charge in [0.15, 0.2) is 0 Å². The molecule has 0 aromatic carbocycles. The molecule has 0 aliphatic rings. The van der Waals surface area contributed by atoms with Gasteiger partial charge in [-0.1, -0.05) is 0 Å². The summed E-state index contributed by atoms with van der Waals surface area (Å²) in [5.41, 5.74) is 10.8. The minimum atomic E-state index is 0.843. The molecule has 2 N–H and O–H groups in total. The molecule has 3 aromatic heterocycles. The van der Waals surface area contributed by atoms with E-state index in [-0.39, 0.29) is 0 Å². The molecule has 0 saturated carbocycles. The summed E-state index contributed by atoms with van der Waals surface area (Å²) < 4.78 is 0. The minimum absolute atomic E-state index is 0.843. The summed E-state index contributed by atoms with van der Waals surface area (Å²) in [7, 11) is 0. The first kappa shape index (κ1) is 11.9. The Morgan fingerprint density at radius 1 is 0.895 bits per heavy atom. The Kier molecular flexibility index (Phi) is 3.01. The fourth-order valence-corrected chi connectivity index (χ4v) is 3.29. The van der Waals surface area contributed by atoms with E-state index < -0.39 is 0 Å². The van der Waals surface area contributed by atoms with E-state index in [2.05, 4.69) is 16.9 Å². The van der Waals surface area contributed by atoms with Gasteiger partial charge < -0.3 is 5.73 Å². The molecule has 0 atom stereocenters. The number of hydrogen-bond acceptors (Lipinski definition) is 4. The van der Waals surface area contributed by atoms with Crippen molar-refractivity contribution in [2.75, 3.05) is 5.73 Å². The van der Waals surface area contributed by atoms with Crippen molar-refractivity contribution in [3.63, 3.8) is 0 Å². The van der Waals surface area contributed by atoms with E-state index in [1.54, 1.807) is 36.1 Å². The van der Waals surface area contributed by atoms with E-state index in [4.69, 9.17) is 5.73 Å². The fourth-order valence-electron chi connectivity index (χ4n) is 2.19. The van der Waals surface area contributed by atoms with Gasteiger partial charge in [-0.15, -0.1) is 11.3 Å². The third kappa shape index (κ3) is 2.11. The topological polar surface area (TPSA) is 51.8 Å². The van der Waals surface area contributed by atoms with Crippen LogP contribution in [0.1, 0.15) is 5.56 Å². The van der Waals surface area contributed by atoms with Gasteiger partial charge in [-0.2, -0.15) is 0 Å². The first-order valence-corrected chi connectivity index (χ1v) is 6.78. The number of pyridine rings is 2. The Bertz CT molecular complexity index is 690. The van der Waals surface area contributed by atoms with E-state index in [1.165, 1.54) is 10.4 Å². The summed E-state index contributed by atoms with van der Waals surface area (Å²) in [6.45, 7) is 2.11. The molecule has 3 nitrogen and oxygen atoms in total. The van der Waals surface area contributed by atoms with Crippen molar-refractivity contribution < 1.29 is 0 Å². The zero-order chi connectivity index (χ0) is 13.2. The van der Waals surface area contributed by atoms with Crippen molar-refractivity contribution in [1.29, 1.82) is 0 Å². The molecule has 19 heavy (non-hydrogen) atoms. The predicted molar refractivity (Wildman–Crippen MR) is 79.9 cm³/mol. The van der Waals surface area contributed by atoms with Crippen LogP contribution < -0.4 is 5.73 Å². The highest BCUT2D eigenvalue weighted by Crippen LogP contribution is 2.43. The normalized spacial score (nSPS) is 10.6. The first-order valence-electron chi connectivity index (χ1n) is 5.97. The molecule has 94 valence electrons. The van der Waals surface area contributed by atoms with Crippen molar-refractivity contribution in [3.8, 4) is 21.6 Å². The molecular weight excluding hydrogens is 254 g/mol. The van der Waals surface area contributed by atoms with Crippen molar-refractivity contribution >= 4 is 16.3 Å². The summed E-state index contributed by atoms with van der Waals surface area (Å²) in [6.07, 6.45) is 7.18. The molecule has 3 heterocycles. The molecule has 0 aliphatic carbocycles. The number of anilines is 1. The smallest absolute Gasteiger partial charge is 0.0945 e. The van der Waals surface area contributed by atoms with Gasteiger partial charge in [0.05, 0.1) is 5.00 Å². The lowest BCUT2D eigenvalue weighted by Crippen LogP contribution is -1.86. The number of thiophene rings is 1. The SMILES string of the molecule is Cc1c(-c2ccncc2)sc(N)c1-c1ccncc1. The lowest BCUT2D eigenvalue weighted by atomic mass is 10.0. The van der Waals surface area contributed by atoms with Gasteiger partial charge in [0, 0.05) is 35.2 Å². The summed E-state index contributed by atoms with van der Waals surface area (Å²) >= 11 is 1.62. The number of aromatic nitrogens is 2. The average Bonchev–Trinajstić information content (AvgIpc) is 2.76. The Morgan fingerprint density at radius 2 is 1.42 bits per heavy atom. The number of rotatable bonds is 2. The summed E-state index contributed by atoms with van der Waals surface area (Å²) in [4.78, 5) is 9.30. The van der Waals surface area contributed by atoms with Crippen LogP contribution in [0.4, 0.5) is 5.00 Å². The Balaban J connectivity index is 2.17. The zero-order valence-electron chi connectivity index (χ0n) is 10.5. The Hall–Kier alpha value is -2.20. The molecule has 0 saturated heterocycles. The van der Waals surface area contributed by atoms with Gasteiger partial charge >= 0.3 is 0 Å². The van der Waals surface area contributed by atoms with Crippen LogP contribution in [0.5, 0.6) is 0 Å². The maximum Gasteiger partial charge on any atom is 0.0945 e. The van der Waals surface area contributed by atoms with Gasteiger partial charge in [0.25, 0.3) is 0 Å². The van der Waals surface area contributed by atoms with E-state index in [0.29, 0.717) is 0 Å². The number of nitrogens with zero attached hydrogens (tertiary/aromatic N) is 2. The van der Waals surface area contributed by atoms with Crippen LogP contribution in [0.15, 0.2) is 49.1 Å². The van der Waals surface area contributed by atoms with Crippen molar-refractivity contribution in [1.82, 2.24) is 9.97 Å². The van der Waals surface area contributed by atoms with E-state index >= 15 is 0 Å². The molecule has 0 unspecified atom stereocenters. The van der Waals surface area contributed by atoms with Crippen molar-refractivity contribution in [3.05, 3.63) is 54.6 Å². The van der Waals surface area contributed by atoms with Crippen LogP contribution in [-0.2, 0) is 0 Å². The number of nitrogens with two attached hydrogens (primary N) is 1. The van der Waals surface area contributed by atoms with Crippen molar-refractivity contribution in [2.45, 2.75) is 6.92 Å². The molecule has 0 aliphatic heterocycles. The highest BCUT2D eigenvalue weighted by atomic mass is 32.1. The van der Waals surface area contributed by atoms with Crippen LogP contribution in [0.3, 0.4) is 0 Å². The van der Waals surface area contributed by atoms with Crippen LogP contribution in [0.2, 0.25) is 0 Å². The zero-order valence-corrected chi connectivity index (χ0v) is 11.3. The summed E-state index contributed by atoms with van der Waals surface area (Å²) in [6, 6.07) is 7.99. The fraction of sp³-hybridized carbons (Fsp3) is 0.0667. The second-order valence-corrected chi connectivity index (χ2v) is 5.32. The van der Waals surface area contributed by atoms with Crippen LogP contribution in [0.25, 0.3) is 21.6 Å². The maximum atomic E-state index is 6.19. The van der Waals surface area contributed by atoms with Crippen LogP contribution in [0, 0.1) is 6.92 Å². The quantitative estimate of drug-likeness (QED) is 0.769. The third-order valence-corrected chi connectivity index (χ3v) is 4.26. The molecule has 4 heteroatoms. The van der Waals surface area contributed by atoms with Gasteiger partial charge in [-0.25, -0.2) is 0 Å². The molecule has 3 aromatic rings. The molecule has 0 amide bonds. The predicted octanol–water partition coefficient (Wildman–Crippen LogP) is 3.76. The largest absolute Gasteiger partial charge is 0.390 e. The number of hydrogen-bond donors (Lipinski definition) is 1. The third-order valence-electron chi connectivity index (χ3n) is 3.09. The van der Waals surface area contributed by atoms with Gasteiger partial charge in [0.1, 0.15) is 0 Å². The lowest BCUT2D eigenvalue weighted by molar-refractivity contribution is 1.32. The highest BCUT2D eigenvalue weighted by molar-refractivity contribution is 7.20. The summed E-state index contributed by atoms with van der Waals surface area (Å²) in [5, 5.41) is 0.843. The van der Waals surface area contributed by atoms with Gasteiger partial charge in [-0.3, -0.25) is 9.97 Å². The molecule has 3 rings (SSSR count). The number of nitrogen functional groups attached to an aromatic ring is 1. The average molecular weight is 267 g/mol. The molecular formula is C15H13N3S. The van der Waals surface area contributed by atoms with Gasteiger partial charge in [-0.05, 0) is 47.9 Å². The van der Waals surface area contributed by atoms with Gasteiger partial charge in [0.2, 0.25) is 0 Å². The maximum absolute atomic E-state index is 6.19.